The van der Waals surface area contributed by atoms with Crippen molar-refractivity contribution in [2.75, 3.05) is 0 Å². The van der Waals surface area contributed by atoms with Crippen LogP contribution in [0.25, 0.3) is 0 Å². The van der Waals surface area contributed by atoms with E-state index >= 15 is 0 Å². The second-order valence-electron chi connectivity index (χ2n) is 3.23. The first kappa shape index (κ1) is 13.2. The Morgan fingerprint density at radius 3 is 2.67 bits per heavy atom. The van der Waals surface area contributed by atoms with Gasteiger partial charge in [0, 0.05) is 6.42 Å². The van der Waals surface area contributed by atoms with Gasteiger partial charge < -0.3 is 0 Å². The molecule has 1 nitrogen and oxygen atoms in total. The van der Waals surface area contributed by atoms with E-state index in [0.29, 0.717) is 0 Å². The third-order valence-electron chi connectivity index (χ3n) is 1.95. The standard InChI is InChI=1S/C11H13Br2NS/c1-2-3-4-5-6-7-8-9-10(12)11(13)14-15-9/h2-6H2,1H3. The SMILES string of the molecule is CCCCCCC#Cc1snc(Br)c1Br. The molecule has 0 aliphatic rings. The summed E-state index contributed by atoms with van der Waals surface area (Å²) in [5, 5.41) is 0. The van der Waals surface area contributed by atoms with Crippen LogP contribution in [0.3, 0.4) is 0 Å². The fraction of sp³-hybridized carbons (Fsp3) is 0.545. The van der Waals surface area contributed by atoms with E-state index in [4.69, 9.17) is 0 Å². The minimum Gasteiger partial charge on any atom is -0.183 e. The first-order valence-corrected chi connectivity index (χ1v) is 7.41. The van der Waals surface area contributed by atoms with Gasteiger partial charge in [0.1, 0.15) is 9.48 Å². The molecule has 4 heteroatoms. The van der Waals surface area contributed by atoms with Crippen molar-refractivity contribution in [2.45, 2.75) is 39.0 Å². The number of hydrogen-bond donors (Lipinski definition) is 0. The highest BCUT2D eigenvalue weighted by Crippen LogP contribution is 2.28. The number of aromatic nitrogens is 1. The number of nitrogens with zero attached hydrogens (tertiary/aromatic N) is 1. The second-order valence-corrected chi connectivity index (χ2v) is 5.55. The summed E-state index contributed by atoms with van der Waals surface area (Å²) in [6.07, 6.45) is 6.08. The van der Waals surface area contributed by atoms with Gasteiger partial charge in [-0.2, -0.15) is 4.37 Å². The molecule has 0 N–H and O–H groups in total. The molecule has 1 heterocycles. The maximum Gasteiger partial charge on any atom is 0.135 e. The minimum atomic E-state index is 0.850. The van der Waals surface area contributed by atoms with Crippen molar-refractivity contribution >= 4 is 43.4 Å². The van der Waals surface area contributed by atoms with Crippen LogP contribution in [-0.4, -0.2) is 4.37 Å². The normalized spacial score (nSPS) is 9.80. The lowest BCUT2D eigenvalue weighted by Gasteiger charge is -1.91. The molecule has 0 bridgehead atoms. The summed E-state index contributed by atoms with van der Waals surface area (Å²) in [6.45, 7) is 2.22. The van der Waals surface area contributed by atoms with Gasteiger partial charge in [-0.25, -0.2) is 0 Å². The Labute approximate surface area is 112 Å². The first-order valence-electron chi connectivity index (χ1n) is 5.05. The third-order valence-corrected chi connectivity index (χ3v) is 5.09. The highest BCUT2D eigenvalue weighted by atomic mass is 79.9. The number of rotatable bonds is 4. The summed E-state index contributed by atoms with van der Waals surface area (Å²) in [6, 6.07) is 0. The van der Waals surface area contributed by atoms with E-state index in [1.165, 1.54) is 37.2 Å². The molecule has 0 fully saturated rings. The van der Waals surface area contributed by atoms with Crippen LogP contribution in [0.1, 0.15) is 43.9 Å². The van der Waals surface area contributed by atoms with E-state index in [1.54, 1.807) is 0 Å². The molecule has 0 saturated heterocycles. The van der Waals surface area contributed by atoms with Crippen LogP contribution in [0.4, 0.5) is 0 Å². The Bertz CT molecular complexity index is 362. The van der Waals surface area contributed by atoms with Crippen molar-refractivity contribution in [2.24, 2.45) is 0 Å². The van der Waals surface area contributed by atoms with Crippen molar-refractivity contribution in [3.05, 3.63) is 14.0 Å². The van der Waals surface area contributed by atoms with Gasteiger partial charge in [-0.05, 0) is 49.8 Å². The largest absolute Gasteiger partial charge is 0.183 e. The molecule has 0 amide bonds. The minimum absolute atomic E-state index is 0.850. The zero-order valence-electron chi connectivity index (χ0n) is 8.65. The quantitative estimate of drug-likeness (QED) is 0.550. The zero-order valence-corrected chi connectivity index (χ0v) is 12.6. The Morgan fingerprint density at radius 2 is 2.07 bits per heavy atom. The maximum atomic E-state index is 4.15. The van der Waals surface area contributed by atoms with E-state index < -0.39 is 0 Å². The van der Waals surface area contributed by atoms with E-state index in [2.05, 4.69) is 55.0 Å². The summed E-state index contributed by atoms with van der Waals surface area (Å²) in [5.74, 6) is 6.32. The lowest BCUT2D eigenvalue weighted by atomic mass is 10.2. The zero-order chi connectivity index (χ0) is 11.1. The van der Waals surface area contributed by atoms with Gasteiger partial charge in [-0.3, -0.25) is 0 Å². The first-order chi connectivity index (χ1) is 7.25. The number of hydrogen-bond acceptors (Lipinski definition) is 2. The highest BCUT2D eigenvalue weighted by molar-refractivity contribution is 9.13. The predicted molar refractivity (Wildman–Crippen MR) is 73.2 cm³/mol. The molecule has 0 saturated carbocycles. The van der Waals surface area contributed by atoms with E-state index in [9.17, 15) is 0 Å². The van der Waals surface area contributed by atoms with Crippen molar-refractivity contribution in [1.29, 1.82) is 0 Å². The molecule has 0 aromatic carbocycles. The van der Waals surface area contributed by atoms with Crippen molar-refractivity contribution in [3.63, 3.8) is 0 Å². The molecule has 1 aromatic heterocycles. The summed E-state index contributed by atoms with van der Waals surface area (Å²) < 4.78 is 5.98. The highest BCUT2D eigenvalue weighted by Gasteiger charge is 2.05. The molecular formula is C11H13Br2NS. The van der Waals surface area contributed by atoms with Gasteiger partial charge in [0.05, 0.1) is 4.47 Å². The number of unbranched alkanes of at least 4 members (excludes halogenated alkanes) is 4. The Kier molecular flexibility index (Phi) is 6.54. The van der Waals surface area contributed by atoms with Gasteiger partial charge in [0.15, 0.2) is 0 Å². The van der Waals surface area contributed by atoms with E-state index in [-0.39, 0.29) is 0 Å². The van der Waals surface area contributed by atoms with Gasteiger partial charge in [-0.15, -0.1) is 0 Å². The average Bonchev–Trinajstić information content (AvgIpc) is 2.54. The molecule has 0 spiro atoms. The molecule has 1 rings (SSSR count). The summed E-state index contributed by atoms with van der Waals surface area (Å²) in [7, 11) is 0. The molecule has 0 unspecified atom stereocenters. The van der Waals surface area contributed by atoms with Gasteiger partial charge in [0.25, 0.3) is 0 Å². The monoisotopic (exact) mass is 349 g/mol. The molecule has 0 radical (unpaired) electrons. The molecule has 1 aromatic rings. The topological polar surface area (TPSA) is 12.9 Å². The van der Waals surface area contributed by atoms with Crippen LogP contribution in [0, 0.1) is 11.8 Å². The summed E-state index contributed by atoms with van der Waals surface area (Å²) in [5.41, 5.74) is 0. The van der Waals surface area contributed by atoms with Gasteiger partial charge in [0.2, 0.25) is 0 Å². The molecule has 0 aliphatic heterocycles. The number of halogens is 2. The summed E-state index contributed by atoms with van der Waals surface area (Å²) in [4.78, 5) is 1.01. The van der Waals surface area contributed by atoms with E-state index in [0.717, 1.165) is 20.4 Å². The van der Waals surface area contributed by atoms with Crippen LogP contribution in [0.15, 0.2) is 9.08 Å². The van der Waals surface area contributed by atoms with Crippen LogP contribution in [-0.2, 0) is 0 Å². The van der Waals surface area contributed by atoms with Crippen molar-refractivity contribution in [1.82, 2.24) is 4.37 Å². The second kappa shape index (κ2) is 7.43. The molecule has 0 aliphatic carbocycles. The Morgan fingerprint density at radius 1 is 1.27 bits per heavy atom. The van der Waals surface area contributed by atoms with Crippen molar-refractivity contribution < 1.29 is 0 Å². The lowest BCUT2D eigenvalue weighted by Crippen LogP contribution is -1.74. The lowest BCUT2D eigenvalue weighted by molar-refractivity contribution is 0.679. The van der Waals surface area contributed by atoms with Crippen LogP contribution < -0.4 is 0 Å². The maximum absolute atomic E-state index is 4.15. The average molecular weight is 351 g/mol. The van der Waals surface area contributed by atoms with Crippen molar-refractivity contribution in [3.8, 4) is 11.8 Å². The van der Waals surface area contributed by atoms with E-state index in [1.807, 2.05) is 0 Å². The van der Waals surface area contributed by atoms with Crippen LogP contribution in [0.5, 0.6) is 0 Å². The predicted octanol–water partition coefficient (Wildman–Crippen LogP) is 4.99. The fourth-order valence-corrected chi connectivity index (χ4v) is 2.75. The Hall–Kier alpha value is 0.150. The summed E-state index contributed by atoms with van der Waals surface area (Å²) >= 11 is 8.21. The molecular weight excluding hydrogens is 338 g/mol. The van der Waals surface area contributed by atoms with Crippen LogP contribution in [0.2, 0.25) is 0 Å². The van der Waals surface area contributed by atoms with Crippen LogP contribution >= 0.6 is 43.4 Å². The van der Waals surface area contributed by atoms with Gasteiger partial charge in [-0.1, -0.05) is 38.0 Å². The Balaban J connectivity index is 2.35. The third kappa shape index (κ3) is 4.67. The smallest absolute Gasteiger partial charge is 0.135 e. The molecule has 15 heavy (non-hydrogen) atoms. The molecule has 0 atom stereocenters. The fourth-order valence-electron chi connectivity index (χ4n) is 1.12. The molecule has 82 valence electrons. The van der Waals surface area contributed by atoms with Gasteiger partial charge >= 0.3 is 0 Å².